The summed E-state index contributed by atoms with van der Waals surface area (Å²) in [6.45, 7) is 1.98. The number of hydrogen-bond donors (Lipinski definition) is 3. The van der Waals surface area contributed by atoms with E-state index in [1.807, 2.05) is 24.3 Å². The first kappa shape index (κ1) is 32.7. The number of hydrogen-bond acceptors (Lipinski definition) is 4. The molecule has 0 saturated carbocycles. The highest BCUT2D eigenvalue weighted by atomic mass is 35.5. The molecular formula is C28H35ClF5N3O2. The van der Waals surface area contributed by atoms with E-state index in [9.17, 15) is 31.5 Å². The lowest BCUT2D eigenvalue weighted by Crippen LogP contribution is -2.57. The van der Waals surface area contributed by atoms with Crippen LogP contribution in [0.25, 0.3) is 0 Å². The normalized spacial score (nSPS) is 15.5. The van der Waals surface area contributed by atoms with E-state index >= 15 is 0 Å². The SMILES string of the molecule is CC(C)[C@H](C(=O)C(F)(F)C(=O)NCCC(F)(F)F)C(N)[C@@H](Cc1ccccc1)C(N)CCc1cccc(Cl)c1. The maximum Gasteiger partial charge on any atom is 0.390 e. The molecule has 0 radical (unpaired) electrons. The third kappa shape index (κ3) is 9.85. The minimum absolute atomic E-state index is 0.290. The van der Waals surface area contributed by atoms with Crippen LogP contribution in [0, 0.1) is 17.8 Å². The Labute approximate surface area is 230 Å². The molecule has 11 heteroatoms. The van der Waals surface area contributed by atoms with Gasteiger partial charge < -0.3 is 16.8 Å². The van der Waals surface area contributed by atoms with E-state index in [1.54, 1.807) is 30.3 Å². The number of aryl methyl sites for hydroxylation is 1. The molecule has 0 saturated heterocycles. The molecule has 2 aromatic rings. The number of rotatable bonds is 14. The van der Waals surface area contributed by atoms with E-state index in [0.717, 1.165) is 11.1 Å². The van der Waals surface area contributed by atoms with Gasteiger partial charge in [-0.1, -0.05) is 67.9 Å². The van der Waals surface area contributed by atoms with Crippen LogP contribution in [0.1, 0.15) is 37.8 Å². The molecule has 5 N–H and O–H groups in total. The first-order chi connectivity index (χ1) is 18.1. The number of ketones is 1. The first-order valence-electron chi connectivity index (χ1n) is 12.7. The molecule has 0 heterocycles. The van der Waals surface area contributed by atoms with Gasteiger partial charge in [0.05, 0.1) is 6.42 Å². The summed E-state index contributed by atoms with van der Waals surface area (Å²) >= 11 is 6.07. The summed E-state index contributed by atoms with van der Waals surface area (Å²) in [5, 5.41) is 2.08. The van der Waals surface area contributed by atoms with Gasteiger partial charge in [-0.25, -0.2) is 0 Å². The summed E-state index contributed by atoms with van der Waals surface area (Å²) in [5.74, 6) is -11.2. The topological polar surface area (TPSA) is 98.2 Å². The third-order valence-electron chi connectivity index (χ3n) is 6.74. The lowest BCUT2D eigenvalue weighted by molar-refractivity contribution is -0.163. The second kappa shape index (κ2) is 14.2. The van der Waals surface area contributed by atoms with Crippen molar-refractivity contribution in [2.75, 3.05) is 6.54 Å². The van der Waals surface area contributed by atoms with E-state index in [4.69, 9.17) is 23.1 Å². The monoisotopic (exact) mass is 575 g/mol. The van der Waals surface area contributed by atoms with Crippen LogP contribution in [0.5, 0.6) is 0 Å². The summed E-state index contributed by atoms with van der Waals surface area (Å²) in [5.41, 5.74) is 14.8. The molecule has 0 aromatic heterocycles. The summed E-state index contributed by atoms with van der Waals surface area (Å²) in [6, 6.07) is 14.5. The molecule has 2 rings (SSSR count). The highest BCUT2D eigenvalue weighted by Gasteiger charge is 2.53. The Kier molecular flexibility index (Phi) is 11.9. The average Bonchev–Trinajstić information content (AvgIpc) is 2.85. The smallest absolute Gasteiger partial charge is 0.350 e. The van der Waals surface area contributed by atoms with Crippen molar-refractivity contribution in [2.45, 2.75) is 63.7 Å². The summed E-state index contributed by atoms with van der Waals surface area (Å²) in [4.78, 5) is 25.2. The zero-order valence-electron chi connectivity index (χ0n) is 21.9. The van der Waals surface area contributed by atoms with Crippen LogP contribution >= 0.6 is 11.6 Å². The lowest BCUT2D eigenvalue weighted by atomic mass is 9.72. The number of carbonyl (C=O) groups is 2. The van der Waals surface area contributed by atoms with E-state index < -0.39 is 66.6 Å². The minimum Gasteiger partial charge on any atom is -0.350 e. The van der Waals surface area contributed by atoms with E-state index in [0.29, 0.717) is 24.3 Å². The molecule has 0 aliphatic rings. The molecule has 39 heavy (non-hydrogen) atoms. The van der Waals surface area contributed by atoms with Crippen molar-refractivity contribution < 1.29 is 31.5 Å². The Bertz CT molecular complexity index is 1080. The minimum atomic E-state index is -4.65. The van der Waals surface area contributed by atoms with Gasteiger partial charge in [0.2, 0.25) is 5.78 Å². The Balaban J connectivity index is 2.29. The molecule has 4 atom stereocenters. The molecule has 0 aliphatic heterocycles. The molecule has 0 bridgehead atoms. The second-order valence-electron chi connectivity index (χ2n) is 10.1. The molecule has 2 unspecified atom stereocenters. The van der Waals surface area contributed by atoms with Crippen molar-refractivity contribution in [3.63, 3.8) is 0 Å². The maximum absolute atomic E-state index is 15.0. The fraction of sp³-hybridized carbons (Fsp3) is 0.500. The van der Waals surface area contributed by atoms with Crippen molar-refractivity contribution in [1.29, 1.82) is 0 Å². The lowest BCUT2D eigenvalue weighted by Gasteiger charge is -2.37. The predicted octanol–water partition coefficient (Wildman–Crippen LogP) is 5.33. The highest BCUT2D eigenvalue weighted by molar-refractivity contribution is 6.30. The Hall–Kier alpha value is -2.56. The number of benzene rings is 2. The van der Waals surface area contributed by atoms with Gasteiger partial charge in [0, 0.05) is 29.6 Å². The van der Waals surface area contributed by atoms with Crippen molar-refractivity contribution in [3.8, 4) is 0 Å². The fourth-order valence-electron chi connectivity index (χ4n) is 4.64. The van der Waals surface area contributed by atoms with Crippen LogP contribution in [0.3, 0.4) is 0 Å². The third-order valence-corrected chi connectivity index (χ3v) is 6.97. The Morgan fingerprint density at radius 2 is 1.56 bits per heavy atom. The average molecular weight is 576 g/mol. The van der Waals surface area contributed by atoms with Crippen molar-refractivity contribution in [2.24, 2.45) is 29.2 Å². The van der Waals surface area contributed by atoms with E-state index in [2.05, 4.69) is 0 Å². The van der Waals surface area contributed by atoms with Crippen molar-refractivity contribution in [1.82, 2.24) is 5.32 Å². The first-order valence-corrected chi connectivity index (χ1v) is 13.1. The van der Waals surface area contributed by atoms with Crippen LogP contribution in [-0.2, 0) is 22.4 Å². The van der Waals surface area contributed by atoms with E-state index in [1.165, 1.54) is 19.2 Å². The maximum atomic E-state index is 15.0. The summed E-state index contributed by atoms with van der Waals surface area (Å²) < 4.78 is 67.1. The molecule has 216 valence electrons. The number of alkyl halides is 5. The Morgan fingerprint density at radius 1 is 0.949 bits per heavy atom. The largest absolute Gasteiger partial charge is 0.390 e. The summed E-state index contributed by atoms with van der Waals surface area (Å²) in [7, 11) is 0. The van der Waals surface area contributed by atoms with Gasteiger partial charge in [0.25, 0.3) is 5.91 Å². The highest BCUT2D eigenvalue weighted by Crippen LogP contribution is 2.32. The summed E-state index contributed by atoms with van der Waals surface area (Å²) in [6.07, 6.45) is -4.92. The van der Waals surface area contributed by atoms with Crippen LogP contribution in [0.15, 0.2) is 54.6 Å². The number of carbonyl (C=O) groups excluding carboxylic acids is 2. The van der Waals surface area contributed by atoms with Gasteiger partial charge >= 0.3 is 12.1 Å². The molecule has 0 fully saturated rings. The molecular weight excluding hydrogens is 541 g/mol. The molecule has 2 aromatic carbocycles. The van der Waals surface area contributed by atoms with Crippen LogP contribution in [-0.4, -0.2) is 42.4 Å². The van der Waals surface area contributed by atoms with Gasteiger partial charge in [0.1, 0.15) is 0 Å². The molecule has 0 aliphatic carbocycles. The van der Waals surface area contributed by atoms with Crippen molar-refractivity contribution >= 4 is 23.3 Å². The number of nitrogens with one attached hydrogen (secondary N) is 1. The van der Waals surface area contributed by atoms with E-state index in [-0.39, 0.29) is 0 Å². The Morgan fingerprint density at radius 3 is 2.13 bits per heavy atom. The van der Waals surface area contributed by atoms with Gasteiger partial charge in [-0.05, 0) is 54.4 Å². The molecule has 0 spiro atoms. The van der Waals surface area contributed by atoms with Crippen LogP contribution in [0.4, 0.5) is 22.0 Å². The molecule has 1 amide bonds. The number of nitrogens with two attached hydrogens (primary N) is 2. The molecule has 5 nitrogen and oxygen atoms in total. The standard InChI is InChI=1S/C28H35ClF5N3O2/c1-17(2)23(25(38)28(33,34)26(39)37-14-13-27(30,31)32)24(36)21(16-18-7-4-3-5-8-18)22(35)12-11-19-9-6-10-20(29)15-19/h3-10,15,17,21-24H,11-14,16,35-36H2,1-2H3,(H,37,39)/t21-,22?,23-,24?/m0/s1. The zero-order chi connectivity index (χ0) is 29.4. The van der Waals surface area contributed by atoms with Gasteiger partial charge in [-0.2, -0.15) is 22.0 Å². The number of amides is 1. The van der Waals surface area contributed by atoms with Gasteiger partial charge in [-0.3, -0.25) is 9.59 Å². The van der Waals surface area contributed by atoms with Crippen LogP contribution < -0.4 is 16.8 Å². The predicted molar refractivity (Wildman–Crippen MR) is 141 cm³/mol. The van der Waals surface area contributed by atoms with Gasteiger partial charge in [0.15, 0.2) is 0 Å². The fourth-order valence-corrected chi connectivity index (χ4v) is 4.85. The number of Topliss-reactive ketones (excluding diaryl/α,β-unsaturated/α-hetero) is 1. The van der Waals surface area contributed by atoms with Crippen LogP contribution in [0.2, 0.25) is 5.02 Å². The number of halogens is 6. The quantitative estimate of drug-likeness (QED) is 0.209. The second-order valence-corrected chi connectivity index (χ2v) is 10.5. The van der Waals surface area contributed by atoms with Gasteiger partial charge in [-0.15, -0.1) is 0 Å². The zero-order valence-corrected chi connectivity index (χ0v) is 22.6. The van der Waals surface area contributed by atoms with Crippen molar-refractivity contribution in [3.05, 3.63) is 70.7 Å².